The summed E-state index contributed by atoms with van der Waals surface area (Å²) in [6.07, 6.45) is 0.906. The maximum Gasteiger partial charge on any atom is 0.281 e. The van der Waals surface area contributed by atoms with E-state index < -0.39 is 15.9 Å². The number of nitrogens with zero attached hydrogens (tertiary/aromatic N) is 3. The number of carbonyl (C=O) groups is 1. The molecular formula is C29H37N5O4S. The lowest BCUT2D eigenvalue weighted by atomic mass is 9.97. The van der Waals surface area contributed by atoms with Crippen LogP contribution in [0.15, 0.2) is 53.6 Å². The Morgan fingerprint density at radius 3 is 2.56 bits per heavy atom. The van der Waals surface area contributed by atoms with Crippen LogP contribution in [0.1, 0.15) is 57.0 Å². The van der Waals surface area contributed by atoms with Gasteiger partial charge in [-0.05, 0) is 87.1 Å². The Morgan fingerprint density at radius 2 is 1.92 bits per heavy atom. The number of nitrogen functional groups attached to an aromatic ring is 1. The van der Waals surface area contributed by atoms with Crippen LogP contribution < -0.4 is 20.1 Å². The zero-order valence-corrected chi connectivity index (χ0v) is 24.2. The van der Waals surface area contributed by atoms with E-state index in [1.54, 1.807) is 12.1 Å². The van der Waals surface area contributed by atoms with Gasteiger partial charge in [-0.2, -0.15) is 8.42 Å². The monoisotopic (exact) mass is 551 g/mol. The summed E-state index contributed by atoms with van der Waals surface area (Å²) in [7, 11) is -4.25. The first-order chi connectivity index (χ1) is 18.2. The fourth-order valence-corrected chi connectivity index (χ4v) is 5.95. The van der Waals surface area contributed by atoms with Crippen LogP contribution in [0.25, 0.3) is 11.3 Å². The second kappa shape index (κ2) is 10.8. The number of ether oxygens (including phenoxy) is 1. The van der Waals surface area contributed by atoms with Crippen LogP contribution in [0.3, 0.4) is 0 Å². The van der Waals surface area contributed by atoms with Crippen LogP contribution >= 0.6 is 0 Å². The molecule has 1 amide bonds. The standard InChI is InChI=1S/C29H37N5O4S/c1-18(2)17-38-22-13-19(3)12-21(14-22)24-11-10-23(27(31-24)34-16-20(4)15-29(34,5)6)28(35)33-39(36,37)26-9-7-8-25(30)32-26/h7-14,18,20H,15-17H2,1-6H3,(H2,30,32)(H,33,35)/t20-/m0/s1. The predicted octanol–water partition coefficient (Wildman–Crippen LogP) is 4.81. The third-order valence-electron chi connectivity index (χ3n) is 6.63. The van der Waals surface area contributed by atoms with Gasteiger partial charge in [-0.25, -0.2) is 14.7 Å². The van der Waals surface area contributed by atoms with Crippen LogP contribution in [0.2, 0.25) is 0 Å². The Hall–Kier alpha value is -3.66. The van der Waals surface area contributed by atoms with Gasteiger partial charge in [0.05, 0.1) is 17.9 Å². The summed E-state index contributed by atoms with van der Waals surface area (Å²) < 4.78 is 34.0. The first kappa shape index (κ1) is 28.4. The molecule has 1 aromatic carbocycles. The number of hydrogen-bond acceptors (Lipinski definition) is 8. The zero-order valence-electron chi connectivity index (χ0n) is 23.4. The number of benzene rings is 1. The summed E-state index contributed by atoms with van der Waals surface area (Å²) in [4.78, 5) is 24.4. The lowest BCUT2D eigenvalue weighted by Gasteiger charge is -2.34. The number of pyridine rings is 2. The van der Waals surface area contributed by atoms with Gasteiger partial charge in [-0.1, -0.05) is 26.8 Å². The highest BCUT2D eigenvalue weighted by atomic mass is 32.2. The van der Waals surface area contributed by atoms with Gasteiger partial charge < -0.3 is 15.4 Å². The molecule has 9 nitrogen and oxygen atoms in total. The van der Waals surface area contributed by atoms with E-state index in [1.807, 2.05) is 25.1 Å². The van der Waals surface area contributed by atoms with Gasteiger partial charge in [0, 0.05) is 17.6 Å². The molecule has 0 unspecified atom stereocenters. The van der Waals surface area contributed by atoms with Crippen LogP contribution in [0.4, 0.5) is 11.6 Å². The molecule has 1 atom stereocenters. The normalized spacial score (nSPS) is 16.9. The maximum atomic E-state index is 13.5. The van der Waals surface area contributed by atoms with E-state index in [2.05, 4.69) is 49.2 Å². The first-order valence-electron chi connectivity index (χ1n) is 13.1. The highest BCUT2D eigenvalue weighted by Gasteiger charge is 2.39. The summed E-state index contributed by atoms with van der Waals surface area (Å²) in [5.74, 6) is 1.20. The highest BCUT2D eigenvalue weighted by molar-refractivity contribution is 7.90. The van der Waals surface area contributed by atoms with Crippen molar-refractivity contribution in [1.82, 2.24) is 14.7 Å². The minimum absolute atomic E-state index is 0.0414. The molecule has 1 fully saturated rings. The van der Waals surface area contributed by atoms with Gasteiger partial charge in [0.25, 0.3) is 15.9 Å². The molecule has 39 heavy (non-hydrogen) atoms. The molecule has 2 aromatic heterocycles. The van der Waals surface area contributed by atoms with Crippen LogP contribution in [0.5, 0.6) is 5.75 Å². The number of nitrogens with one attached hydrogen (secondary N) is 1. The molecule has 0 aliphatic carbocycles. The second-order valence-corrected chi connectivity index (χ2v) is 13.0. The highest BCUT2D eigenvalue weighted by Crippen LogP contribution is 2.38. The minimum atomic E-state index is -4.25. The number of aryl methyl sites for hydroxylation is 1. The number of hydrogen-bond donors (Lipinski definition) is 2. The van der Waals surface area contributed by atoms with Crippen molar-refractivity contribution in [2.45, 2.75) is 58.5 Å². The molecule has 3 N–H and O–H groups in total. The van der Waals surface area contributed by atoms with Crippen molar-refractivity contribution in [3.05, 3.63) is 59.7 Å². The molecule has 208 valence electrons. The van der Waals surface area contributed by atoms with Crippen molar-refractivity contribution >= 4 is 27.6 Å². The molecule has 10 heteroatoms. The summed E-state index contributed by atoms with van der Waals surface area (Å²) in [6, 6.07) is 13.5. The Bertz CT molecular complexity index is 1490. The van der Waals surface area contributed by atoms with Crippen molar-refractivity contribution in [3.63, 3.8) is 0 Å². The van der Waals surface area contributed by atoms with Gasteiger partial charge in [0.2, 0.25) is 0 Å². The van der Waals surface area contributed by atoms with E-state index >= 15 is 0 Å². The van der Waals surface area contributed by atoms with Crippen LogP contribution in [-0.2, 0) is 10.0 Å². The first-order valence-corrected chi connectivity index (χ1v) is 14.6. The Labute approximate surface area is 230 Å². The van der Waals surface area contributed by atoms with Crippen molar-refractivity contribution in [2.24, 2.45) is 11.8 Å². The molecule has 0 radical (unpaired) electrons. The molecule has 1 aliphatic rings. The number of aromatic nitrogens is 2. The maximum absolute atomic E-state index is 13.5. The lowest BCUT2D eigenvalue weighted by molar-refractivity contribution is 0.0981. The van der Waals surface area contributed by atoms with Gasteiger partial charge >= 0.3 is 0 Å². The summed E-state index contributed by atoms with van der Waals surface area (Å²) in [6.45, 7) is 13.8. The third-order valence-corrected chi connectivity index (χ3v) is 7.86. The fraction of sp³-hybridized carbons (Fsp3) is 0.414. The van der Waals surface area contributed by atoms with E-state index in [4.69, 9.17) is 15.5 Å². The van der Waals surface area contributed by atoms with Crippen LogP contribution in [-0.4, -0.2) is 43.0 Å². The van der Waals surface area contributed by atoms with Gasteiger partial charge in [0.15, 0.2) is 5.03 Å². The fourth-order valence-electron chi connectivity index (χ4n) is 5.00. The van der Waals surface area contributed by atoms with Crippen LogP contribution in [0, 0.1) is 18.8 Å². The zero-order chi connectivity index (χ0) is 28.5. The average molecular weight is 552 g/mol. The van der Waals surface area contributed by atoms with E-state index in [1.165, 1.54) is 18.2 Å². The lowest BCUT2D eigenvalue weighted by Crippen LogP contribution is -2.41. The Kier molecular flexibility index (Phi) is 7.88. The largest absolute Gasteiger partial charge is 0.493 e. The molecule has 1 saturated heterocycles. The van der Waals surface area contributed by atoms with Gasteiger partial charge in [0.1, 0.15) is 17.4 Å². The Morgan fingerprint density at radius 1 is 1.18 bits per heavy atom. The summed E-state index contributed by atoms with van der Waals surface area (Å²) in [5, 5.41) is -0.328. The van der Waals surface area contributed by atoms with E-state index in [-0.39, 0.29) is 21.9 Å². The van der Waals surface area contributed by atoms with Crippen molar-refractivity contribution in [1.29, 1.82) is 0 Å². The topological polar surface area (TPSA) is 128 Å². The number of carbonyl (C=O) groups excluding carboxylic acids is 1. The second-order valence-electron chi connectivity index (χ2n) is 11.4. The molecule has 4 rings (SSSR count). The van der Waals surface area contributed by atoms with Gasteiger partial charge in [-0.3, -0.25) is 4.79 Å². The molecule has 3 heterocycles. The van der Waals surface area contributed by atoms with Crippen molar-refractivity contribution < 1.29 is 17.9 Å². The number of amides is 1. The molecule has 0 spiro atoms. The number of rotatable bonds is 8. The van der Waals surface area contributed by atoms with E-state index in [0.29, 0.717) is 36.5 Å². The van der Waals surface area contributed by atoms with Crippen molar-refractivity contribution in [2.75, 3.05) is 23.8 Å². The molecular weight excluding hydrogens is 514 g/mol. The van der Waals surface area contributed by atoms with Gasteiger partial charge in [-0.15, -0.1) is 0 Å². The van der Waals surface area contributed by atoms with Crippen molar-refractivity contribution in [3.8, 4) is 17.0 Å². The SMILES string of the molecule is Cc1cc(OCC(C)C)cc(-c2ccc(C(=O)NS(=O)(=O)c3cccc(N)n3)c(N3C[C@@H](C)CC3(C)C)n2)c1. The summed E-state index contributed by atoms with van der Waals surface area (Å²) in [5.41, 5.74) is 8.07. The Balaban J connectivity index is 1.76. The number of anilines is 2. The number of nitrogens with two attached hydrogens (primary N) is 1. The molecule has 0 saturated carbocycles. The average Bonchev–Trinajstić information content (AvgIpc) is 3.13. The third kappa shape index (κ3) is 6.50. The quantitative estimate of drug-likeness (QED) is 0.408. The molecule has 0 bridgehead atoms. The molecule has 3 aromatic rings. The smallest absolute Gasteiger partial charge is 0.281 e. The minimum Gasteiger partial charge on any atom is -0.493 e. The summed E-state index contributed by atoms with van der Waals surface area (Å²) >= 11 is 0. The number of sulfonamides is 1. The van der Waals surface area contributed by atoms with E-state index in [0.717, 1.165) is 23.3 Å². The van der Waals surface area contributed by atoms with E-state index in [9.17, 15) is 13.2 Å². The molecule has 1 aliphatic heterocycles. The predicted molar refractivity (Wildman–Crippen MR) is 153 cm³/mol.